The van der Waals surface area contributed by atoms with E-state index in [0.717, 1.165) is 19.6 Å². The minimum absolute atomic E-state index is 0.00656. The molecule has 1 rings (SSSR count). The lowest BCUT2D eigenvalue weighted by molar-refractivity contribution is -0.137. The summed E-state index contributed by atoms with van der Waals surface area (Å²) in [7, 11) is 0. The quantitative estimate of drug-likeness (QED) is 0.700. The molecule has 2 N–H and O–H groups in total. The molecule has 1 aliphatic rings. The van der Waals surface area contributed by atoms with Gasteiger partial charge in [0, 0.05) is 26.2 Å². The van der Waals surface area contributed by atoms with E-state index in [9.17, 15) is 9.59 Å². The maximum Gasteiger partial charge on any atom is 0.317 e. The summed E-state index contributed by atoms with van der Waals surface area (Å²) in [5.74, 6) is -0.877. The Labute approximate surface area is 108 Å². The minimum Gasteiger partial charge on any atom is -0.481 e. The summed E-state index contributed by atoms with van der Waals surface area (Å²) in [6, 6.07) is -0.169. The van der Waals surface area contributed by atoms with Crippen LogP contribution in [0.2, 0.25) is 0 Å². The van der Waals surface area contributed by atoms with Crippen LogP contribution >= 0.6 is 0 Å². The van der Waals surface area contributed by atoms with Gasteiger partial charge in [0.15, 0.2) is 0 Å². The predicted molar refractivity (Wildman–Crippen MR) is 68.6 cm³/mol. The maximum atomic E-state index is 11.8. The Morgan fingerprint density at radius 1 is 1.33 bits per heavy atom. The molecule has 0 aromatic rings. The van der Waals surface area contributed by atoms with E-state index in [2.05, 4.69) is 10.2 Å². The van der Waals surface area contributed by atoms with E-state index in [1.165, 1.54) is 17.7 Å². The van der Waals surface area contributed by atoms with Crippen LogP contribution in [0.15, 0.2) is 0 Å². The smallest absolute Gasteiger partial charge is 0.317 e. The molecule has 1 saturated heterocycles. The second-order valence-electron chi connectivity index (χ2n) is 4.50. The molecule has 0 spiro atoms. The van der Waals surface area contributed by atoms with Gasteiger partial charge in [-0.3, -0.25) is 4.79 Å². The van der Waals surface area contributed by atoms with Crippen LogP contribution in [0.5, 0.6) is 0 Å². The molecule has 0 saturated carbocycles. The average Bonchev–Trinajstić information content (AvgIpc) is 2.82. The zero-order valence-electron chi connectivity index (χ0n) is 11.0. The van der Waals surface area contributed by atoms with Gasteiger partial charge in [0.1, 0.15) is 0 Å². The van der Waals surface area contributed by atoms with E-state index in [-0.39, 0.29) is 19.0 Å². The van der Waals surface area contributed by atoms with Gasteiger partial charge in [-0.1, -0.05) is 0 Å². The Kier molecular flexibility index (Phi) is 6.49. The van der Waals surface area contributed by atoms with E-state index in [0.29, 0.717) is 13.1 Å². The van der Waals surface area contributed by atoms with E-state index >= 15 is 0 Å². The van der Waals surface area contributed by atoms with Crippen LogP contribution < -0.4 is 5.32 Å². The second-order valence-corrected chi connectivity index (χ2v) is 4.50. The Hall–Kier alpha value is -1.30. The highest BCUT2D eigenvalue weighted by molar-refractivity contribution is 5.75. The zero-order valence-corrected chi connectivity index (χ0v) is 11.0. The molecular formula is C12H23N3O3. The van der Waals surface area contributed by atoms with Crippen molar-refractivity contribution in [2.24, 2.45) is 0 Å². The van der Waals surface area contributed by atoms with Crippen molar-refractivity contribution in [1.82, 2.24) is 15.1 Å². The number of aliphatic carboxylic acids is 1. The van der Waals surface area contributed by atoms with Crippen molar-refractivity contribution in [2.45, 2.75) is 26.2 Å². The number of hydrogen-bond acceptors (Lipinski definition) is 3. The lowest BCUT2D eigenvalue weighted by Crippen LogP contribution is -2.43. The molecule has 1 fully saturated rings. The number of carbonyl (C=O) groups is 2. The molecule has 1 aliphatic heterocycles. The number of carboxylic acids is 1. The zero-order chi connectivity index (χ0) is 13.4. The molecule has 18 heavy (non-hydrogen) atoms. The van der Waals surface area contributed by atoms with Gasteiger partial charge in [-0.15, -0.1) is 0 Å². The summed E-state index contributed by atoms with van der Waals surface area (Å²) in [4.78, 5) is 26.1. The van der Waals surface area contributed by atoms with E-state index in [1.54, 1.807) is 0 Å². The first-order valence-electron chi connectivity index (χ1n) is 6.60. The summed E-state index contributed by atoms with van der Waals surface area (Å²) >= 11 is 0. The van der Waals surface area contributed by atoms with Crippen LogP contribution in [0.1, 0.15) is 26.2 Å². The number of hydrogen-bond donors (Lipinski definition) is 2. The number of carbonyl (C=O) groups excluding carboxylic acids is 1. The van der Waals surface area contributed by atoms with Crippen molar-refractivity contribution in [3.05, 3.63) is 0 Å². The third kappa shape index (κ3) is 5.35. The minimum atomic E-state index is -0.877. The Morgan fingerprint density at radius 3 is 2.56 bits per heavy atom. The number of amides is 2. The number of nitrogens with one attached hydrogen (secondary N) is 1. The fraction of sp³-hybridized carbons (Fsp3) is 0.833. The fourth-order valence-corrected chi connectivity index (χ4v) is 2.07. The van der Waals surface area contributed by atoms with Gasteiger partial charge in [0.25, 0.3) is 0 Å². The van der Waals surface area contributed by atoms with Crippen molar-refractivity contribution in [2.75, 3.05) is 39.3 Å². The average molecular weight is 257 g/mol. The summed E-state index contributed by atoms with van der Waals surface area (Å²) in [6.07, 6.45) is 2.48. The third-order valence-corrected chi connectivity index (χ3v) is 3.17. The van der Waals surface area contributed by atoms with Gasteiger partial charge in [-0.25, -0.2) is 4.79 Å². The summed E-state index contributed by atoms with van der Waals surface area (Å²) in [6.45, 7) is 6.38. The molecule has 0 bridgehead atoms. The van der Waals surface area contributed by atoms with Crippen LogP contribution in [0.4, 0.5) is 4.79 Å². The van der Waals surface area contributed by atoms with Crippen LogP contribution in [0, 0.1) is 0 Å². The molecule has 0 aromatic heterocycles. The van der Waals surface area contributed by atoms with Gasteiger partial charge in [0.05, 0.1) is 6.42 Å². The first kappa shape index (κ1) is 14.8. The molecule has 0 radical (unpaired) electrons. The third-order valence-electron chi connectivity index (χ3n) is 3.17. The molecule has 1 heterocycles. The molecule has 104 valence electrons. The number of rotatable bonds is 7. The molecule has 0 aliphatic carbocycles. The van der Waals surface area contributed by atoms with E-state index in [4.69, 9.17) is 5.11 Å². The number of carboxylic acid groups (broad SMARTS) is 1. The second kappa shape index (κ2) is 7.92. The predicted octanol–water partition coefficient (Wildman–Crippen LogP) is 0.588. The monoisotopic (exact) mass is 257 g/mol. The van der Waals surface area contributed by atoms with Gasteiger partial charge >= 0.3 is 12.0 Å². The first-order chi connectivity index (χ1) is 8.63. The van der Waals surface area contributed by atoms with Crippen LogP contribution in [0.3, 0.4) is 0 Å². The van der Waals surface area contributed by atoms with Crippen molar-refractivity contribution in [3.63, 3.8) is 0 Å². The highest BCUT2D eigenvalue weighted by Crippen LogP contribution is 2.05. The van der Waals surface area contributed by atoms with Crippen LogP contribution in [0.25, 0.3) is 0 Å². The maximum absolute atomic E-state index is 11.8. The topological polar surface area (TPSA) is 72.9 Å². The molecular weight excluding hydrogens is 234 g/mol. The number of nitrogens with zero attached hydrogens (tertiary/aromatic N) is 2. The SMILES string of the molecule is CCN(CCC(=O)O)C(=O)NCCN1CCCC1. The van der Waals surface area contributed by atoms with Gasteiger partial charge in [-0.05, 0) is 32.9 Å². The molecule has 0 aromatic carbocycles. The molecule has 6 nitrogen and oxygen atoms in total. The summed E-state index contributed by atoms with van der Waals surface area (Å²) in [5.41, 5.74) is 0. The summed E-state index contributed by atoms with van der Waals surface area (Å²) in [5, 5.41) is 11.4. The van der Waals surface area contributed by atoms with Gasteiger partial charge in [-0.2, -0.15) is 0 Å². The highest BCUT2D eigenvalue weighted by atomic mass is 16.4. The van der Waals surface area contributed by atoms with Crippen molar-refractivity contribution < 1.29 is 14.7 Å². The van der Waals surface area contributed by atoms with Gasteiger partial charge < -0.3 is 20.2 Å². The lowest BCUT2D eigenvalue weighted by Gasteiger charge is -2.21. The largest absolute Gasteiger partial charge is 0.481 e. The fourth-order valence-electron chi connectivity index (χ4n) is 2.07. The first-order valence-corrected chi connectivity index (χ1v) is 6.60. The van der Waals surface area contributed by atoms with Crippen molar-refractivity contribution in [1.29, 1.82) is 0 Å². The Morgan fingerprint density at radius 2 is 2.00 bits per heavy atom. The number of likely N-dealkylation sites (tertiary alicyclic amines) is 1. The molecule has 6 heteroatoms. The lowest BCUT2D eigenvalue weighted by atomic mass is 10.4. The Bertz CT molecular complexity index is 278. The van der Waals surface area contributed by atoms with Crippen molar-refractivity contribution in [3.8, 4) is 0 Å². The van der Waals surface area contributed by atoms with E-state index in [1.807, 2.05) is 6.92 Å². The van der Waals surface area contributed by atoms with Crippen LogP contribution in [-0.2, 0) is 4.79 Å². The summed E-state index contributed by atoms with van der Waals surface area (Å²) < 4.78 is 0. The molecule has 2 amide bonds. The number of urea groups is 1. The highest BCUT2D eigenvalue weighted by Gasteiger charge is 2.14. The van der Waals surface area contributed by atoms with Crippen LogP contribution in [-0.4, -0.2) is 66.2 Å². The molecule has 0 unspecified atom stereocenters. The Balaban J connectivity index is 2.17. The molecule has 0 atom stereocenters. The standard InChI is InChI=1S/C12H23N3O3/c1-2-15(9-5-11(16)17)12(18)13-6-10-14-7-3-4-8-14/h2-10H2,1H3,(H,13,18)(H,16,17). The normalized spacial score (nSPS) is 15.6. The van der Waals surface area contributed by atoms with E-state index < -0.39 is 5.97 Å². The van der Waals surface area contributed by atoms with Gasteiger partial charge in [0.2, 0.25) is 0 Å². The van der Waals surface area contributed by atoms with Crippen molar-refractivity contribution >= 4 is 12.0 Å².